The molecule has 0 saturated heterocycles. The van der Waals surface area contributed by atoms with Crippen LogP contribution in [0.2, 0.25) is 0 Å². The second kappa shape index (κ2) is 3.77. The standard InChI is InChI=1S/C11H10N4S/c12-15-14-8-4-7(5-8)10-6-16-11-9(10)2-1-3-13-11/h1-3,6-8H,4-5H2. The molecule has 0 aromatic carbocycles. The van der Waals surface area contributed by atoms with Crippen LogP contribution in [0, 0.1) is 0 Å². The SMILES string of the molecule is [N-]=[N+]=NC1CC(c2csc3ncccc23)C1. The third-order valence-electron chi connectivity index (χ3n) is 3.15. The van der Waals surface area contributed by atoms with Gasteiger partial charge < -0.3 is 0 Å². The summed E-state index contributed by atoms with van der Waals surface area (Å²) in [5.74, 6) is 0.549. The lowest BCUT2D eigenvalue weighted by Gasteiger charge is -2.31. The van der Waals surface area contributed by atoms with Crippen LogP contribution in [0.15, 0.2) is 28.8 Å². The Hall–Kier alpha value is -1.58. The number of hydrogen-bond donors (Lipinski definition) is 0. The van der Waals surface area contributed by atoms with Gasteiger partial charge in [-0.05, 0) is 41.3 Å². The fourth-order valence-corrected chi connectivity index (χ4v) is 3.21. The van der Waals surface area contributed by atoms with Crippen molar-refractivity contribution in [2.45, 2.75) is 24.8 Å². The lowest BCUT2D eigenvalue weighted by Crippen LogP contribution is -2.24. The maximum absolute atomic E-state index is 8.34. The smallest absolute Gasteiger partial charge is 0.123 e. The maximum Gasteiger partial charge on any atom is 0.123 e. The van der Waals surface area contributed by atoms with Crippen LogP contribution in [-0.2, 0) is 0 Å². The largest absolute Gasteiger partial charge is 0.245 e. The van der Waals surface area contributed by atoms with E-state index in [1.54, 1.807) is 11.3 Å². The van der Waals surface area contributed by atoms with E-state index in [0.717, 1.165) is 17.7 Å². The van der Waals surface area contributed by atoms with Crippen LogP contribution in [-0.4, -0.2) is 11.0 Å². The van der Waals surface area contributed by atoms with Gasteiger partial charge in [-0.15, -0.1) is 11.3 Å². The first-order chi connectivity index (χ1) is 7.88. The number of nitrogens with zero attached hydrogens (tertiary/aromatic N) is 4. The zero-order valence-electron chi connectivity index (χ0n) is 8.58. The Kier molecular flexibility index (Phi) is 2.27. The molecule has 5 heteroatoms. The van der Waals surface area contributed by atoms with Crippen molar-refractivity contribution < 1.29 is 0 Å². The first kappa shape index (κ1) is 9.63. The number of thiophene rings is 1. The third-order valence-corrected chi connectivity index (χ3v) is 4.07. The fraction of sp³-hybridized carbons (Fsp3) is 0.364. The maximum atomic E-state index is 8.34. The summed E-state index contributed by atoms with van der Waals surface area (Å²) in [5.41, 5.74) is 9.71. The van der Waals surface area contributed by atoms with E-state index in [4.69, 9.17) is 5.53 Å². The van der Waals surface area contributed by atoms with Crippen molar-refractivity contribution in [3.63, 3.8) is 0 Å². The molecule has 1 saturated carbocycles. The molecule has 0 unspecified atom stereocenters. The number of fused-ring (bicyclic) bond motifs is 1. The molecular formula is C11H10N4S. The van der Waals surface area contributed by atoms with E-state index in [-0.39, 0.29) is 6.04 Å². The molecular weight excluding hydrogens is 220 g/mol. The highest BCUT2D eigenvalue weighted by Gasteiger charge is 2.31. The molecule has 2 aromatic rings. The van der Waals surface area contributed by atoms with E-state index in [0.29, 0.717) is 5.92 Å². The lowest BCUT2D eigenvalue weighted by molar-refractivity contribution is 0.353. The number of pyridine rings is 1. The zero-order valence-corrected chi connectivity index (χ0v) is 9.39. The van der Waals surface area contributed by atoms with E-state index in [2.05, 4.69) is 26.5 Å². The van der Waals surface area contributed by atoms with Crippen LogP contribution >= 0.6 is 11.3 Å². The van der Waals surface area contributed by atoms with Gasteiger partial charge in [0.1, 0.15) is 4.83 Å². The first-order valence-corrected chi connectivity index (χ1v) is 6.13. The van der Waals surface area contributed by atoms with E-state index in [1.165, 1.54) is 10.9 Å². The quantitative estimate of drug-likeness (QED) is 0.439. The van der Waals surface area contributed by atoms with Gasteiger partial charge in [0, 0.05) is 22.5 Å². The molecule has 80 valence electrons. The predicted molar refractivity (Wildman–Crippen MR) is 64.5 cm³/mol. The Bertz CT molecular complexity index is 564. The lowest BCUT2D eigenvalue weighted by atomic mass is 9.76. The van der Waals surface area contributed by atoms with Gasteiger partial charge in [-0.1, -0.05) is 11.2 Å². The Labute approximate surface area is 96.6 Å². The van der Waals surface area contributed by atoms with Gasteiger partial charge in [0.2, 0.25) is 0 Å². The molecule has 0 radical (unpaired) electrons. The molecule has 4 nitrogen and oxygen atoms in total. The van der Waals surface area contributed by atoms with E-state index in [9.17, 15) is 0 Å². The van der Waals surface area contributed by atoms with Crippen molar-refractivity contribution in [2.75, 3.05) is 0 Å². The molecule has 3 rings (SSSR count). The summed E-state index contributed by atoms with van der Waals surface area (Å²) in [7, 11) is 0. The summed E-state index contributed by atoms with van der Waals surface area (Å²) in [6, 6.07) is 4.29. The normalized spacial score (nSPS) is 23.8. The molecule has 2 aromatic heterocycles. The topological polar surface area (TPSA) is 61.7 Å². The third kappa shape index (κ3) is 1.45. The van der Waals surface area contributed by atoms with E-state index in [1.807, 2.05) is 12.3 Å². The Morgan fingerprint density at radius 2 is 2.38 bits per heavy atom. The van der Waals surface area contributed by atoms with Crippen LogP contribution in [0.1, 0.15) is 24.3 Å². The van der Waals surface area contributed by atoms with Gasteiger partial charge in [-0.3, -0.25) is 0 Å². The van der Waals surface area contributed by atoms with Crippen molar-refractivity contribution >= 4 is 21.6 Å². The molecule has 2 heterocycles. The van der Waals surface area contributed by atoms with E-state index >= 15 is 0 Å². The molecule has 1 fully saturated rings. The summed E-state index contributed by atoms with van der Waals surface area (Å²) in [4.78, 5) is 8.29. The van der Waals surface area contributed by atoms with Gasteiger partial charge in [0.05, 0.1) is 0 Å². The van der Waals surface area contributed by atoms with Crippen LogP contribution in [0.5, 0.6) is 0 Å². The summed E-state index contributed by atoms with van der Waals surface area (Å²) in [6.07, 6.45) is 3.78. The van der Waals surface area contributed by atoms with E-state index < -0.39 is 0 Å². The van der Waals surface area contributed by atoms with Crippen molar-refractivity contribution in [3.8, 4) is 0 Å². The predicted octanol–water partition coefficient (Wildman–Crippen LogP) is 3.85. The fourth-order valence-electron chi connectivity index (χ4n) is 2.21. The van der Waals surface area contributed by atoms with Crippen molar-refractivity contribution in [1.82, 2.24) is 4.98 Å². The Morgan fingerprint density at radius 3 is 3.19 bits per heavy atom. The minimum atomic E-state index is 0.196. The van der Waals surface area contributed by atoms with Crippen molar-refractivity contribution in [1.29, 1.82) is 0 Å². The molecule has 0 amide bonds. The second-order valence-electron chi connectivity index (χ2n) is 4.07. The van der Waals surface area contributed by atoms with Crippen LogP contribution in [0.3, 0.4) is 0 Å². The first-order valence-electron chi connectivity index (χ1n) is 5.25. The molecule has 0 N–H and O–H groups in total. The molecule has 0 bridgehead atoms. The monoisotopic (exact) mass is 230 g/mol. The summed E-state index contributed by atoms with van der Waals surface area (Å²) < 4.78 is 0. The highest BCUT2D eigenvalue weighted by atomic mass is 32.1. The minimum absolute atomic E-state index is 0.196. The molecule has 1 aliphatic carbocycles. The molecule has 16 heavy (non-hydrogen) atoms. The van der Waals surface area contributed by atoms with Crippen molar-refractivity contribution in [3.05, 3.63) is 39.7 Å². The van der Waals surface area contributed by atoms with Crippen LogP contribution in [0.4, 0.5) is 0 Å². The van der Waals surface area contributed by atoms with Crippen molar-refractivity contribution in [2.24, 2.45) is 5.11 Å². The Morgan fingerprint density at radius 1 is 1.50 bits per heavy atom. The number of azide groups is 1. The minimum Gasteiger partial charge on any atom is -0.245 e. The molecule has 1 aliphatic rings. The van der Waals surface area contributed by atoms with Gasteiger partial charge >= 0.3 is 0 Å². The zero-order chi connectivity index (χ0) is 11.0. The summed E-state index contributed by atoms with van der Waals surface area (Å²) in [5, 5.41) is 7.19. The Balaban J connectivity index is 1.88. The van der Waals surface area contributed by atoms with Crippen LogP contribution < -0.4 is 0 Å². The van der Waals surface area contributed by atoms with Crippen LogP contribution in [0.25, 0.3) is 20.7 Å². The molecule has 0 atom stereocenters. The number of hydrogen-bond acceptors (Lipinski definition) is 3. The summed E-state index contributed by atoms with van der Waals surface area (Å²) in [6.45, 7) is 0. The van der Waals surface area contributed by atoms with Gasteiger partial charge in [0.15, 0.2) is 0 Å². The second-order valence-corrected chi connectivity index (χ2v) is 4.93. The average molecular weight is 230 g/mol. The molecule has 0 spiro atoms. The van der Waals surface area contributed by atoms with Gasteiger partial charge in [-0.25, -0.2) is 4.98 Å². The highest BCUT2D eigenvalue weighted by molar-refractivity contribution is 7.16. The highest BCUT2D eigenvalue weighted by Crippen LogP contribution is 2.43. The van der Waals surface area contributed by atoms with Gasteiger partial charge in [0.25, 0.3) is 0 Å². The number of aromatic nitrogens is 1. The molecule has 0 aliphatic heterocycles. The van der Waals surface area contributed by atoms with Gasteiger partial charge in [-0.2, -0.15) is 0 Å². The number of rotatable bonds is 2. The average Bonchev–Trinajstić information content (AvgIpc) is 2.66. The summed E-state index contributed by atoms with van der Waals surface area (Å²) >= 11 is 1.69.